The highest BCUT2D eigenvalue weighted by molar-refractivity contribution is 7.99. The monoisotopic (exact) mass is 422 g/mol. The van der Waals surface area contributed by atoms with Crippen molar-refractivity contribution in [3.8, 4) is 0 Å². The number of hydrogen-bond donors (Lipinski definition) is 1. The molecule has 1 aliphatic heterocycles. The first kappa shape index (κ1) is 23.9. The van der Waals surface area contributed by atoms with Gasteiger partial charge in [0.1, 0.15) is 5.60 Å². The fraction of sp³-hybridized carbons (Fsp3) is 0.696. The molecular weight excluding hydrogens is 384 g/mol. The summed E-state index contributed by atoms with van der Waals surface area (Å²) in [4.78, 5) is 18.3. The molecule has 6 heteroatoms. The number of amides is 1. The molecule has 1 amide bonds. The molecule has 1 aliphatic rings. The Morgan fingerprint density at radius 1 is 1.10 bits per heavy atom. The van der Waals surface area contributed by atoms with Crippen LogP contribution in [0.3, 0.4) is 0 Å². The average Bonchev–Trinajstić information content (AvgIpc) is 2.78. The van der Waals surface area contributed by atoms with E-state index in [2.05, 4.69) is 56.9 Å². The van der Waals surface area contributed by atoms with Gasteiger partial charge < -0.3 is 19.6 Å². The van der Waals surface area contributed by atoms with E-state index < -0.39 is 5.60 Å². The van der Waals surface area contributed by atoms with Crippen LogP contribution in [0, 0.1) is 11.3 Å². The molecule has 2 rings (SSSR count). The summed E-state index contributed by atoms with van der Waals surface area (Å²) in [5.74, 6) is 1.04. The van der Waals surface area contributed by atoms with Crippen molar-refractivity contribution in [2.75, 3.05) is 36.9 Å². The van der Waals surface area contributed by atoms with E-state index in [4.69, 9.17) is 9.84 Å². The second-order valence-electron chi connectivity index (χ2n) is 10.1. The number of hydrogen-bond acceptors (Lipinski definition) is 5. The second kappa shape index (κ2) is 9.61. The van der Waals surface area contributed by atoms with Crippen molar-refractivity contribution < 1.29 is 14.6 Å². The molecule has 1 N–H and O–H groups in total. The van der Waals surface area contributed by atoms with E-state index in [9.17, 15) is 4.79 Å². The third-order valence-corrected chi connectivity index (χ3v) is 5.98. The van der Waals surface area contributed by atoms with Gasteiger partial charge in [0.2, 0.25) is 0 Å². The number of aliphatic hydroxyl groups excluding tert-OH is 1. The molecule has 0 aliphatic carbocycles. The highest BCUT2D eigenvalue weighted by Crippen LogP contribution is 2.34. The molecule has 0 aromatic heterocycles. The maximum absolute atomic E-state index is 12.8. The van der Waals surface area contributed by atoms with Gasteiger partial charge in [-0.15, -0.1) is 11.8 Å². The number of aliphatic hydroxyl groups is 1. The Balaban J connectivity index is 2.28. The molecule has 1 heterocycles. The van der Waals surface area contributed by atoms with Gasteiger partial charge in [-0.05, 0) is 56.4 Å². The Labute approximate surface area is 180 Å². The largest absolute Gasteiger partial charge is 0.444 e. The third-order valence-electron chi connectivity index (χ3n) is 4.99. The van der Waals surface area contributed by atoms with Crippen LogP contribution in [-0.2, 0) is 4.74 Å². The Hall–Kier alpha value is -1.40. The average molecular weight is 423 g/mol. The lowest BCUT2D eigenvalue weighted by Gasteiger charge is -2.42. The maximum Gasteiger partial charge on any atom is 0.410 e. The number of carbonyl (C=O) groups excluding carboxylic acids is 1. The number of benzene rings is 1. The quantitative estimate of drug-likeness (QED) is 0.701. The van der Waals surface area contributed by atoms with E-state index in [-0.39, 0.29) is 24.2 Å². The van der Waals surface area contributed by atoms with Gasteiger partial charge >= 0.3 is 6.09 Å². The van der Waals surface area contributed by atoms with Gasteiger partial charge in [0.25, 0.3) is 0 Å². The Morgan fingerprint density at radius 3 is 2.24 bits per heavy atom. The predicted molar refractivity (Wildman–Crippen MR) is 122 cm³/mol. The molecule has 0 bridgehead atoms. The van der Waals surface area contributed by atoms with Crippen LogP contribution in [-0.4, -0.2) is 59.7 Å². The molecule has 1 saturated heterocycles. The zero-order valence-electron chi connectivity index (χ0n) is 19.1. The summed E-state index contributed by atoms with van der Waals surface area (Å²) in [5, 5.41) is 9.04. The lowest BCUT2D eigenvalue weighted by molar-refractivity contribution is 0.0214. The minimum absolute atomic E-state index is 0.00533. The van der Waals surface area contributed by atoms with Crippen LogP contribution in [0.4, 0.5) is 10.5 Å². The topological polar surface area (TPSA) is 53.0 Å². The van der Waals surface area contributed by atoms with Gasteiger partial charge in [0, 0.05) is 36.0 Å². The van der Waals surface area contributed by atoms with E-state index in [1.54, 1.807) is 11.8 Å². The molecule has 29 heavy (non-hydrogen) atoms. The van der Waals surface area contributed by atoms with Gasteiger partial charge in [-0.3, -0.25) is 0 Å². The van der Waals surface area contributed by atoms with Crippen LogP contribution in [0.2, 0.25) is 0 Å². The maximum atomic E-state index is 12.8. The number of anilines is 1. The van der Waals surface area contributed by atoms with Crippen molar-refractivity contribution in [3.05, 3.63) is 24.3 Å². The molecule has 0 spiro atoms. The summed E-state index contributed by atoms with van der Waals surface area (Å²) >= 11 is 1.66. The normalized spacial score (nSPS) is 21.1. The second-order valence-corrected chi connectivity index (χ2v) is 11.3. The highest BCUT2D eigenvalue weighted by atomic mass is 32.2. The number of carbonyl (C=O) groups is 1. The lowest BCUT2D eigenvalue weighted by atomic mass is 9.85. The summed E-state index contributed by atoms with van der Waals surface area (Å²) in [7, 11) is 0. The van der Waals surface area contributed by atoms with Crippen LogP contribution in [0.5, 0.6) is 0 Å². The van der Waals surface area contributed by atoms with Crippen LogP contribution in [0.1, 0.15) is 48.5 Å². The molecule has 5 nitrogen and oxygen atoms in total. The Bertz CT molecular complexity index is 664. The minimum Gasteiger partial charge on any atom is -0.444 e. The number of nitrogens with zero attached hydrogens (tertiary/aromatic N) is 2. The fourth-order valence-corrected chi connectivity index (χ4v) is 4.33. The first-order valence-corrected chi connectivity index (χ1v) is 11.5. The third kappa shape index (κ3) is 7.10. The predicted octanol–water partition coefficient (Wildman–Crippen LogP) is 4.88. The SMILES string of the molecule is C[C@@H]1CN(C(=O)OC(C)(C)C)C[C@H](C(C)(C)C)N(c2ccc(SCCO)cc2)C1. The molecule has 2 atom stereocenters. The number of ether oxygens (including phenoxy) is 1. The number of thioether (sulfide) groups is 1. The highest BCUT2D eigenvalue weighted by Gasteiger charge is 2.38. The van der Waals surface area contributed by atoms with E-state index in [0.29, 0.717) is 24.8 Å². The van der Waals surface area contributed by atoms with Crippen LogP contribution in [0.15, 0.2) is 29.2 Å². The zero-order valence-corrected chi connectivity index (χ0v) is 19.9. The minimum atomic E-state index is -0.494. The molecule has 1 fully saturated rings. The van der Waals surface area contributed by atoms with Crippen molar-refractivity contribution >= 4 is 23.5 Å². The summed E-state index contributed by atoms with van der Waals surface area (Å²) in [5.41, 5.74) is 0.677. The van der Waals surface area contributed by atoms with Crippen molar-refractivity contribution in [3.63, 3.8) is 0 Å². The summed E-state index contributed by atoms with van der Waals surface area (Å²) < 4.78 is 5.68. The molecule has 1 aromatic rings. The van der Waals surface area contributed by atoms with Crippen molar-refractivity contribution in [2.24, 2.45) is 11.3 Å². The lowest BCUT2D eigenvalue weighted by Crippen LogP contribution is -2.50. The standard InChI is InChI=1S/C23H38N2O3S/c1-17-14-24(21(27)28-23(5,6)7)16-20(22(2,3)4)25(15-17)18-8-10-19(11-9-18)29-13-12-26/h8-11,17,20,26H,12-16H2,1-7H3/t17-,20-/m1/s1. The Kier molecular flexibility index (Phi) is 7.91. The molecule has 0 radical (unpaired) electrons. The first-order valence-electron chi connectivity index (χ1n) is 10.5. The van der Waals surface area contributed by atoms with E-state index in [1.165, 1.54) is 5.69 Å². The van der Waals surface area contributed by atoms with E-state index in [1.807, 2.05) is 25.7 Å². The summed E-state index contributed by atoms with van der Waals surface area (Å²) in [6.45, 7) is 17.1. The van der Waals surface area contributed by atoms with Crippen molar-refractivity contribution in [1.82, 2.24) is 4.90 Å². The van der Waals surface area contributed by atoms with Gasteiger partial charge in [0.15, 0.2) is 0 Å². The summed E-state index contributed by atoms with van der Waals surface area (Å²) in [6.07, 6.45) is -0.226. The zero-order chi connectivity index (χ0) is 21.8. The molecular formula is C23H38N2O3S. The van der Waals surface area contributed by atoms with Gasteiger partial charge in [-0.1, -0.05) is 27.7 Å². The van der Waals surface area contributed by atoms with Crippen LogP contribution >= 0.6 is 11.8 Å². The van der Waals surface area contributed by atoms with Gasteiger partial charge in [0.05, 0.1) is 12.6 Å². The van der Waals surface area contributed by atoms with Gasteiger partial charge in [-0.25, -0.2) is 4.79 Å². The fourth-order valence-electron chi connectivity index (χ4n) is 3.68. The Morgan fingerprint density at radius 2 is 1.72 bits per heavy atom. The van der Waals surface area contributed by atoms with E-state index in [0.717, 1.165) is 11.4 Å². The summed E-state index contributed by atoms with van der Waals surface area (Å²) in [6, 6.07) is 8.74. The van der Waals surface area contributed by atoms with Crippen LogP contribution < -0.4 is 4.90 Å². The van der Waals surface area contributed by atoms with E-state index >= 15 is 0 Å². The first-order chi connectivity index (χ1) is 13.4. The smallest absolute Gasteiger partial charge is 0.410 e. The molecule has 1 aromatic carbocycles. The van der Waals surface area contributed by atoms with Crippen LogP contribution in [0.25, 0.3) is 0 Å². The van der Waals surface area contributed by atoms with Crippen molar-refractivity contribution in [2.45, 2.75) is 65.0 Å². The molecule has 0 saturated carbocycles. The molecule has 0 unspecified atom stereocenters. The number of rotatable bonds is 4. The van der Waals surface area contributed by atoms with Crippen molar-refractivity contribution in [1.29, 1.82) is 0 Å². The van der Waals surface area contributed by atoms with Gasteiger partial charge in [-0.2, -0.15) is 0 Å². The molecule has 164 valence electrons.